The predicted molar refractivity (Wildman–Crippen MR) is 91.8 cm³/mol. The third kappa shape index (κ3) is 4.13. The molecule has 1 aromatic carbocycles. The minimum Gasteiger partial charge on any atom is -0.368 e. The van der Waals surface area contributed by atoms with E-state index in [1.54, 1.807) is 0 Å². The lowest BCUT2D eigenvalue weighted by atomic mass is 10.2. The summed E-state index contributed by atoms with van der Waals surface area (Å²) in [7, 11) is 0. The smallest absolute Gasteiger partial charge is 0.251 e. The summed E-state index contributed by atoms with van der Waals surface area (Å²) >= 11 is 0. The molecule has 2 aliphatic heterocycles. The summed E-state index contributed by atoms with van der Waals surface area (Å²) in [6.45, 7) is 5.79. The lowest BCUT2D eigenvalue weighted by Gasteiger charge is -2.35. The zero-order chi connectivity index (χ0) is 16.9. The number of carbonyl (C=O) groups is 2. The minimum absolute atomic E-state index is 0.0109. The van der Waals surface area contributed by atoms with E-state index in [1.165, 1.54) is 0 Å². The van der Waals surface area contributed by atoms with Crippen LogP contribution in [-0.4, -0.2) is 67.0 Å². The number of piperazine rings is 1. The Morgan fingerprint density at radius 1 is 1.21 bits per heavy atom. The van der Waals surface area contributed by atoms with Crippen molar-refractivity contribution in [1.29, 1.82) is 0 Å². The quantitative estimate of drug-likeness (QED) is 0.902. The van der Waals surface area contributed by atoms with Gasteiger partial charge in [-0.3, -0.25) is 14.5 Å². The molecular weight excluding hydrogens is 306 g/mol. The Morgan fingerprint density at radius 2 is 1.96 bits per heavy atom. The van der Waals surface area contributed by atoms with Crippen molar-refractivity contribution >= 4 is 17.5 Å². The molecule has 0 aromatic heterocycles. The van der Waals surface area contributed by atoms with E-state index in [-0.39, 0.29) is 17.9 Å². The fraction of sp³-hybridized carbons (Fsp3) is 0.556. The molecule has 2 heterocycles. The SMILES string of the molecule is Cc1ccccc1NC(=O)CN1CCN(C(=O)[C@@H]2CCCO2)CC1. The van der Waals surface area contributed by atoms with Crippen LogP contribution >= 0.6 is 0 Å². The maximum Gasteiger partial charge on any atom is 0.251 e. The van der Waals surface area contributed by atoms with Crippen LogP contribution in [0.3, 0.4) is 0 Å². The molecule has 1 atom stereocenters. The zero-order valence-corrected chi connectivity index (χ0v) is 14.2. The summed E-state index contributed by atoms with van der Waals surface area (Å²) < 4.78 is 5.47. The molecule has 6 heteroatoms. The second-order valence-electron chi connectivity index (χ2n) is 6.47. The van der Waals surface area contributed by atoms with E-state index in [9.17, 15) is 9.59 Å². The van der Waals surface area contributed by atoms with E-state index in [2.05, 4.69) is 10.2 Å². The molecule has 2 fully saturated rings. The highest BCUT2D eigenvalue weighted by atomic mass is 16.5. The highest BCUT2D eigenvalue weighted by molar-refractivity contribution is 5.93. The second kappa shape index (κ2) is 7.77. The molecule has 3 rings (SSSR count). The minimum atomic E-state index is -0.249. The summed E-state index contributed by atoms with van der Waals surface area (Å²) in [6, 6.07) is 7.75. The number of carbonyl (C=O) groups excluding carboxylic acids is 2. The number of nitrogens with one attached hydrogen (secondary N) is 1. The number of hydrogen-bond donors (Lipinski definition) is 1. The zero-order valence-electron chi connectivity index (χ0n) is 14.2. The van der Waals surface area contributed by atoms with E-state index < -0.39 is 0 Å². The Morgan fingerprint density at radius 3 is 2.62 bits per heavy atom. The number of benzene rings is 1. The maximum absolute atomic E-state index is 12.3. The van der Waals surface area contributed by atoms with Gasteiger partial charge in [-0.05, 0) is 31.4 Å². The monoisotopic (exact) mass is 331 g/mol. The van der Waals surface area contributed by atoms with Crippen LogP contribution in [0.25, 0.3) is 0 Å². The van der Waals surface area contributed by atoms with Gasteiger partial charge >= 0.3 is 0 Å². The van der Waals surface area contributed by atoms with Crippen LogP contribution in [-0.2, 0) is 14.3 Å². The lowest BCUT2D eigenvalue weighted by molar-refractivity contribution is -0.142. The summed E-state index contributed by atoms with van der Waals surface area (Å²) in [4.78, 5) is 28.5. The lowest BCUT2D eigenvalue weighted by Crippen LogP contribution is -2.52. The van der Waals surface area contributed by atoms with Crippen LogP contribution in [0.5, 0.6) is 0 Å². The van der Waals surface area contributed by atoms with Gasteiger partial charge in [0.15, 0.2) is 0 Å². The first kappa shape index (κ1) is 16.9. The molecule has 6 nitrogen and oxygen atoms in total. The van der Waals surface area contributed by atoms with Gasteiger partial charge in [-0.15, -0.1) is 0 Å². The Labute approximate surface area is 142 Å². The van der Waals surface area contributed by atoms with Crippen LogP contribution in [0.1, 0.15) is 18.4 Å². The molecule has 0 aliphatic carbocycles. The molecule has 0 saturated carbocycles. The van der Waals surface area contributed by atoms with Gasteiger partial charge in [0.05, 0.1) is 6.54 Å². The maximum atomic E-state index is 12.3. The third-order valence-corrected chi connectivity index (χ3v) is 4.68. The van der Waals surface area contributed by atoms with Gasteiger partial charge in [0.1, 0.15) is 6.10 Å². The van der Waals surface area contributed by atoms with E-state index in [1.807, 2.05) is 36.1 Å². The van der Waals surface area contributed by atoms with Crippen LogP contribution in [0.4, 0.5) is 5.69 Å². The molecule has 0 spiro atoms. The molecular formula is C18H25N3O3. The fourth-order valence-corrected chi connectivity index (χ4v) is 3.21. The molecule has 0 bridgehead atoms. The molecule has 2 aliphatic rings. The van der Waals surface area contributed by atoms with Crippen molar-refractivity contribution in [2.24, 2.45) is 0 Å². The van der Waals surface area contributed by atoms with Crippen LogP contribution in [0, 0.1) is 6.92 Å². The number of anilines is 1. The number of aryl methyl sites for hydroxylation is 1. The summed E-state index contributed by atoms with van der Waals surface area (Å²) in [5.74, 6) is 0.0970. The van der Waals surface area contributed by atoms with Crippen molar-refractivity contribution in [2.75, 3.05) is 44.6 Å². The van der Waals surface area contributed by atoms with Crippen LogP contribution in [0.2, 0.25) is 0 Å². The molecule has 2 saturated heterocycles. The molecule has 0 unspecified atom stereocenters. The van der Waals surface area contributed by atoms with E-state index in [0.717, 1.165) is 37.2 Å². The fourth-order valence-electron chi connectivity index (χ4n) is 3.21. The molecule has 1 aromatic rings. The third-order valence-electron chi connectivity index (χ3n) is 4.68. The highest BCUT2D eigenvalue weighted by Crippen LogP contribution is 2.16. The van der Waals surface area contributed by atoms with Crippen molar-refractivity contribution in [3.63, 3.8) is 0 Å². The molecule has 2 amide bonds. The predicted octanol–water partition coefficient (Wildman–Crippen LogP) is 1.26. The Hall–Kier alpha value is -1.92. The van der Waals surface area contributed by atoms with E-state index in [0.29, 0.717) is 26.2 Å². The Bertz CT molecular complexity index is 591. The Balaban J connectivity index is 1.44. The standard InChI is InChI=1S/C18H25N3O3/c1-14-5-2-3-6-15(14)19-17(22)13-20-8-10-21(11-9-20)18(23)16-7-4-12-24-16/h2-3,5-6,16H,4,7-13H2,1H3,(H,19,22)/t16-/m0/s1. The van der Waals surface area contributed by atoms with Crippen molar-refractivity contribution in [3.05, 3.63) is 29.8 Å². The summed E-state index contributed by atoms with van der Waals surface area (Å²) in [5, 5.41) is 2.96. The van der Waals surface area contributed by atoms with E-state index in [4.69, 9.17) is 4.74 Å². The average molecular weight is 331 g/mol. The van der Waals surface area contributed by atoms with Crippen molar-refractivity contribution < 1.29 is 14.3 Å². The van der Waals surface area contributed by atoms with Gasteiger partial charge in [-0.1, -0.05) is 18.2 Å². The average Bonchev–Trinajstić information content (AvgIpc) is 3.11. The summed E-state index contributed by atoms with van der Waals surface area (Å²) in [5.41, 5.74) is 1.91. The topological polar surface area (TPSA) is 61.9 Å². The molecule has 130 valence electrons. The molecule has 24 heavy (non-hydrogen) atoms. The number of nitrogens with zero attached hydrogens (tertiary/aromatic N) is 2. The van der Waals surface area contributed by atoms with Crippen molar-refractivity contribution in [1.82, 2.24) is 9.80 Å². The number of ether oxygens (including phenoxy) is 1. The first-order chi connectivity index (χ1) is 11.6. The first-order valence-electron chi connectivity index (χ1n) is 8.62. The van der Waals surface area contributed by atoms with Crippen LogP contribution in [0.15, 0.2) is 24.3 Å². The normalized spacial score (nSPS) is 21.7. The number of para-hydroxylation sites is 1. The van der Waals surface area contributed by atoms with Gasteiger partial charge in [-0.2, -0.15) is 0 Å². The van der Waals surface area contributed by atoms with Crippen molar-refractivity contribution in [3.8, 4) is 0 Å². The van der Waals surface area contributed by atoms with Gasteiger partial charge in [-0.25, -0.2) is 0 Å². The van der Waals surface area contributed by atoms with Gasteiger partial charge < -0.3 is 15.0 Å². The van der Waals surface area contributed by atoms with Gasteiger partial charge in [0, 0.05) is 38.5 Å². The van der Waals surface area contributed by atoms with Gasteiger partial charge in [0.2, 0.25) is 5.91 Å². The van der Waals surface area contributed by atoms with Crippen LogP contribution < -0.4 is 5.32 Å². The Kier molecular flexibility index (Phi) is 5.48. The number of rotatable bonds is 4. The number of amides is 2. The largest absolute Gasteiger partial charge is 0.368 e. The number of hydrogen-bond acceptors (Lipinski definition) is 4. The van der Waals surface area contributed by atoms with Gasteiger partial charge in [0.25, 0.3) is 5.91 Å². The molecule has 1 N–H and O–H groups in total. The molecule has 0 radical (unpaired) electrons. The van der Waals surface area contributed by atoms with E-state index >= 15 is 0 Å². The first-order valence-corrected chi connectivity index (χ1v) is 8.62. The van der Waals surface area contributed by atoms with Crippen molar-refractivity contribution in [2.45, 2.75) is 25.9 Å². The second-order valence-corrected chi connectivity index (χ2v) is 6.47. The summed E-state index contributed by atoms with van der Waals surface area (Å²) in [6.07, 6.45) is 1.55. The highest BCUT2D eigenvalue weighted by Gasteiger charge is 2.30.